The number of amides is 4. The summed E-state index contributed by atoms with van der Waals surface area (Å²) in [6, 6.07) is 2.15. The molecule has 0 spiro atoms. The van der Waals surface area contributed by atoms with Crippen LogP contribution in [0.4, 0.5) is 18.0 Å². The molecule has 11 heteroatoms. The molecule has 0 aromatic heterocycles. The van der Waals surface area contributed by atoms with Gasteiger partial charge in [-0.2, -0.15) is 13.2 Å². The summed E-state index contributed by atoms with van der Waals surface area (Å²) in [6.45, 7) is 9.28. The summed E-state index contributed by atoms with van der Waals surface area (Å²) < 4.78 is 41.8. The lowest BCUT2D eigenvalue weighted by Gasteiger charge is -2.34. The summed E-state index contributed by atoms with van der Waals surface area (Å²) >= 11 is 0. The minimum absolute atomic E-state index is 0.0180. The van der Waals surface area contributed by atoms with E-state index >= 15 is 0 Å². The van der Waals surface area contributed by atoms with Gasteiger partial charge in [0.2, 0.25) is 5.91 Å². The molecule has 3 heterocycles. The number of nitrogens with zero attached hydrogens (tertiary/aromatic N) is 3. The molecule has 8 nitrogen and oxygen atoms in total. The molecule has 1 fully saturated rings. The summed E-state index contributed by atoms with van der Waals surface area (Å²) in [4.78, 5) is 45.6. The fourth-order valence-corrected chi connectivity index (χ4v) is 5.60. The van der Waals surface area contributed by atoms with Gasteiger partial charge in [-0.05, 0) is 56.9 Å². The van der Waals surface area contributed by atoms with Gasteiger partial charge >= 0.3 is 12.2 Å². The van der Waals surface area contributed by atoms with E-state index in [0.29, 0.717) is 12.1 Å². The number of urea groups is 1. The first-order valence-corrected chi connectivity index (χ1v) is 13.3. The highest BCUT2D eigenvalue weighted by molar-refractivity contribution is 6.03. The van der Waals surface area contributed by atoms with E-state index in [1.54, 1.807) is 0 Å². The Morgan fingerprint density at radius 2 is 1.87 bits per heavy atom. The lowest BCUT2D eigenvalue weighted by Crippen LogP contribution is -2.53. The number of hydrogen-bond acceptors (Lipinski definition) is 4. The van der Waals surface area contributed by atoms with Gasteiger partial charge in [-0.1, -0.05) is 38.1 Å². The number of carbonyl (C=O) groups is 3. The standard InChI is InChI=1S/C28H36F3N5O3/c1-5-12-35-22-16-36(21(15-17(2)3)25(37)32-18-10-13-34(4)14-11-18)26(38)23(22)24(33-27(35)39)19-8-6-7-9-20(19)28(29,30)31/h5-9,17-18,21,24H,1,10-16H2,2-4H3,(H,32,37)(H,33,39)/t21-,24+/m1/s1. The molecular formula is C28H36F3N5O3. The molecule has 4 rings (SSSR count). The van der Waals surface area contributed by atoms with E-state index in [1.165, 1.54) is 34.1 Å². The van der Waals surface area contributed by atoms with Gasteiger partial charge in [0.05, 0.1) is 29.4 Å². The van der Waals surface area contributed by atoms with Gasteiger partial charge in [0.25, 0.3) is 5.91 Å². The van der Waals surface area contributed by atoms with E-state index in [1.807, 2.05) is 20.9 Å². The van der Waals surface area contributed by atoms with E-state index in [0.717, 1.165) is 32.0 Å². The van der Waals surface area contributed by atoms with E-state index in [2.05, 4.69) is 22.1 Å². The molecule has 1 saturated heterocycles. The molecule has 2 atom stereocenters. The number of likely N-dealkylation sites (tertiary alicyclic amines) is 1. The number of nitrogens with one attached hydrogen (secondary N) is 2. The molecule has 1 aromatic rings. The molecule has 0 unspecified atom stereocenters. The first-order valence-electron chi connectivity index (χ1n) is 13.3. The Bertz CT molecular complexity index is 1160. The fraction of sp³-hybridized carbons (Fsp3) is 0.536. The van der Waals surface area contributed by atoms with Crippen molar-refractivity contribution in [2.24, 2.45) is 5.92 Å². The average Bonchev–Trinajstić information content (AvgIpc) is 3.21. The maximum absolute atomic E-state index is 14.0. The van der Waals surface area contributed by atoms with Crippen LogP contribution < -0.4 is 10.6 Å². The number of benzene rings is 1. The van der Waals surface area contributed by atoms with Gasteiger partial charge in [-0.15, -0.1) is 6.58 Å². The van der Waals surface area contributed by atoms with Gasteiger partial charge < -0.3 is 20.4 Å². The third-order valence-electron chi connectivity index (χ3n) is 7.58. The zero-order valence-electron chi connectivity index (χ0n) is 22.6. The van der Waals surface area contributed by atoms with Gasteiger partial charge in [-0.25, -0.2) is 4.79 Å². The van der Waals surface area contributed by atoms with Gasteiger partial charge in [-0.3, -0.25) is 14.5 Å². The molecule has 3 aliphatic rings. The van der Waals surface area contributed by atoms with Crippen LogP contribution in [-0.2, 0) is 15.8 Å². The van der Waals surface area contributed by atoms with Crippen molar-refractivity contribution in [1.29, 1.82) is 0 Å². The van der Waals surface area contributed by atoms with Crippen molar-refractivity contribution < 1.29 is 27.6 Å². The summed E-state index contributed by atoms with van der Waals surface area (Å²) in [7, 11) is 2.02. The number of hydrogen-bond donors (Lipinski definition) is 2. The van der Waals surface area contributed by atoms with Crippen LogP contribution in [0.1, 0.15) is 50.3 Å². The SMILES string of the molecule is C=CCN1C(=O)N[C@@H](c2ccccc2C(F)(F)F)C2=C1CN([C@H](CC(C)C)C(=O)NC1CCN(C)CC1)C2=O. The lowest BCUT2D eigenvalue weighted by molar-refractivity contribution is -0.139. The molecule has 4 amide bonds. The minimum Gasteiger partial charge on any atom is -0.351 e. The van der Waals surface area contributed by atoms with Crippen molar-refractivity contribution in [3.05, 3.63) is 59.3 Å². The Labute approximate surface area is 226 Å². The van der Waals surface area contributed by atoms with Crippen molar-refractivity contribution in [1.82, 2.24) is 25.3 Å². The van der Waals surface area contributed by atoms with Crippen LogP contribution in [0.3, 0.4) is 0 Å². The second-order valence-electron chi connectivity index (χ2n) is 10.9. The van der Waals surface area contributed by atoms with Gasteiger partial charge in [0.15, 0.2) is 0 Å². The number of rotatable bonds is 8. The van der Waals surface area contributed by atoms with E-state index in [-0.39, 0.29) is 42.1 Å². The number of halogens is 3. The van der Waals surface area contributed by atoms with Crippen molar-refractivity contribution in [3.8, 4) is 0 Å². The molecule has 0 radical (unpaired) electrons. The Balaban J connectivity index is 1.70. The van der Waals surface area contributed by atoms with Gasteiger partial charge in [0.1, 0.15) is 6.04 Å². The molecule has 39 heavy (non-hydrogen) atoms. The van der Waals surface area contributed by atoms with Crippen LogP contribution in [0.25, 0.3) is 0 Å². The topological polar surface area (TPSA) is 85.0 Å². The highest BCUT2D eigenvalue weighted by atomic mass is 19.4. The Morgan fingerprint density at radius 3 is 2.49 bits per heavy atom. The third kappa shape index (κ3) is 5.98. The van der Waals surface area contributed by atoms with Crippen molar-refractivity contribution in [2.45, 2.75) is 57.4 Å². The molecule has 0 saturated carbocycles. The summed E-state index contributed by atoms with van der Waals surface area (Å²) in [5.74, 6) is -0.770. The Hall–Kier alpha value is -3.34. The number of piperidine rings is 1. The van der Waals surface area contributed by atoms with Gasteiger partial charge in [0, 0.05) is 12.6 Å². The summed E-state index contributed by atoms with van der Waals surface area (Å²) in [5, 5.41) is 5.71. The second-order valence-corrected chi connectivity index (χ2v) is 10.9. The summed E-state index contributed by atoms with van der Waals surface area (Å²) in [6.07, 6.45) is -1.24. The van der Waals surface area contributed by atoms with Crippen LogP contribution in [0.5, 0.6) is 0 Å². The molecule has 0 aliphatic carbocycles. The monoisotopic (exact) mass is 547 g/mol. The number of carbonyl (C=O) groups excluding carboxylic acids is 3. The van der Waals surface area contributed by atoms with Crippen LogP contribution in [0.15, 0.2) is 48.2 Å². The summed E-state index contributed by atoms with van der Waals surface area (Å²) in [5.41, 5.74) is -0.791. The highest BCUT2D eigenvalue weighted by Gasteiger charge is 2.49. The van der Waals surface area contributed by atoms with Crippen molar-refractivity contribution in [2.75, 3.05) is 33.2 Å². The van der Waals surface area contributed by atoms with Crippen LogP contribution >= 0.6 is 0 Å². The lowest BCUT2D eigenvalue weighted by atomic mass is 9.91. The first-order chi connectivity index (χ1) is 18.4. The van der Waals surface area contributed by atoms with E-state index in [4.69, 9.17) is 0 Å². The smallest absolute Gasteiger partial charge is 0.351 e. The average molecular weight is 548 g/mol. The van der Waals surface area contributed by atoms with Crippen molar-refractivity contribution in [3.63, 3.8) is 0 Å². The molecule has 212 valence electrons. The zero-order chi connectivity index (χ0) is 28.5. The van der Waals surface area contributed by atoms with E-state index < -0.39 is 35.8 Å². The maximum Gasteiger partial charge on any atom is 0.416 e. The Morgan fingerprint density at radius 1 is 1.21 bits per heavy atom. The van der Waals surface area contributed by atoms with E-state index in [9.17, 15) is 27.6 Å². The molecule has 2 N–H and O–H groups in total. The molecule has 0 bridgehead atoms. The van der Waals surface area contributed by atoms with Crippen LogP contribution in [0, 0.1) is 5.92 Å². The Kier molecular flexibility index (Phi) is 8.39. The van der Waals surface area contributed by atoms with Crippen LogP contribution in [0.2, 0.25) is 0 Å². The largest absolute Gasteiger partial charge is 0.416 e. The molecule has 1 aromatic carbocycles. The predicted molar refractivity (Wildman–Crippen MR) is 140 cm³/mol. The quantitative estimate of drug-likeness (QED) is 0.487. The minimum atomic E-state index is -4.68. The third-order valence-corrected chi connectivity index (χ3v) is 7.58. The molecule has 3 aliphatic heterocycles. The highest BCUT2D eigenvalue weighted by Crippen LogP contribution is 2.42. The van der Waals surface area contributed by atoms with Crippen molar-refractivity contribution >= 4 is 17.8 Å². The normalized spacial score (nSPS) is 21.8. The zero-order valence-corrected chi connectivity index (χ0v) is 22.6. The second kappa shape index (κ2) is 11.4. The van der Waals surface area contributed by atoms with Crippen LogP contribution in [-0.4, -0.2) is 77.9 Å². The fourth-order valence-electron chi connectivity index (χ4n) is 5.60. The maximum atomic E-state index is 14.0. The number of alkyl halides is 3. The predicted octanol–water partition coefficient (Wildman–Crippen LogP) is 3.68. The molecular weight excluding hydrogens is 511 g/mol. The first kappa shape index (κ1) is 28.7.